The van der Waals surface area contributed by atoms with E-state index >= 15 is 0 Å². The Labute approximate surface area is 172 Å². The van der Waals surface area contributed by atoms with Crippen LogP contribution < -0.4 is 10.1 Å². The highest BCUT2D eigenvalue weighted by Crippen LogP contribution is 2.52. The van der Waals surface area contributed by atoms with E-state index in [4.69, 9.17) is 16.3 Å². The Bertz CT molecular complexity index is 972. The molecular formula is C22H20ClNO3S. The SMILES string of the molecule is O=C(O)c1cc(Cl)c2c(c1)[C@H]1C=CC[C@@H]1[C@H](c1cccc(OC3CSC3)c1)N2. The summed E-state index contributed by atoms with van der Waals surface area (Å²) in [7, 11) is 0. The number of allylic oxidation sites excluding steroid dienone is 2. The normalized spacial score (nSPS) is 25.4. The predicted molar refractivity (Wildman–Crippen MR) is 113 cm³/mol. The summed E-state index contributed by atoms with van der Waals surface area (Å²) in [4.78, 5) is 11.5. The molecule has 28 heavy (non-hydrogen) atoms. The monoisotopic (exact) mass is 413 g/mol. The van der Waals surface area contributed by atoms with Gasteiger partial charge in [-0.3, -0.25) is 0 Å². The fourth-order valence-electron chi connectivity index (χ4n) is 4.36. The molecule has 0 aromatic heterocycles. The van der Waals surface area contributed by atoms with Gasteiger partial charge in [0.05, 0.1) is 22.3 Å². The van der Waals surface area contributed by atoms with Crippen molar-refractivity contribution in [2.45, 2.75) is 24.5 Å². The zero-order valence-electron chi connectivity index (χ0n) is 15.1. The van der Waals surface area contributed by atoms with Gasteiger partial charge in [0.15, 0.2) is 0 Å². The van der Waals surface area contributed by atoms with Crippen molar-refractivity contribution in [2.75, 3.05) is 16.8 Å². The molecule has 6 heteroatoms. The molecule has 0 amide bonds. The summed E-state index contributed by atoms with van der Waals surface area (Å²) in [6.07, 6.45) is 5.63. The molecule has 0 radical (unpaired) electrons. The van der Waals surface area contributed by atoms with Crippen molar-refractivity contribution in [3.05, 3.63) is 70.3 Å². The Morgan fingerprint density at radius 1 is 1.25 bits per heavy atom. The Balaban J connectivity index is 1.51. The number of halogens is 1. The molecule has 0 bridgehead atoms. The lowest BCUT2D eigenvalue weighted by Gasteiger charge is -2.38. The van der Waals surface area contributed by atoms with Crippen LogP contribution in [-0.4, -0.2) is 28.7 Å². The second-order valence-electron chi connectivity index (χ2n) is 7.55. The standard InChI is InChI=1S/C22H20ClNO3S/c23-19-9-13(22(25)26)8-18-16-5-2-6-17(16)20(24-21(18)19)12-3-1-4-14(7-12)27-15-10-28-11-15/h1-5,7-9,15-17,20,24H,6,10-11H2,(H,25,26)/t16-,17-,20-/m0/s1. The van der Waals surface area contributed by atoms with Gasteiger partial charge in [-0.2, -0.15) is 11.8 Å². The number of nitrogens with one attached hydrogen (secondary N) is 1. The highest BCUT2D eigenvalue weighted by molar-refractivity contribution is 8.00. The van der Waals surface area contributed by atoms with Gasteiger partial charge in [-0.1, -0.05) is 35.9 Å². The maximum Gasteiger partial charge on any atom is 0.335 e. The van der Waals surface area contributed by atoms with Gasteiger partial charge in [-0.25, -0.2) is 4.79 Å². The fraction of sp³-hybridized carbons (Fsp3) is 0.318. The van der Waals surface area contributed by atoms with Crippen LogP contribution in [0.4, 0.5) is 5.69 Å². The molecule has 0 spiro atoms. The summed E-state index contributed by atoms with van der Waals surface area (Å²) in [5, 5.41) is 13.5. The van der Waals surface area contributed by atoms with Gasteiger partial charge in [0, 0.05) is 17.4 Å². The van der Waals surface area contributed by atoms with E-state index in [1.165, 1.54) is 11.6 Å². The Kier molecular flexibility index (Phi) is 4.52. The first-order valence-corrected chi connectivity index (χ1v) is 11.0. The lowest BCUT2D eigenvalue weighted by atomic mass is 9.76. The fourth-order valence-corrected chi connectivity index (χ4v) is 5.21. The third-order valence-electron chi connectivity index (χ3n) is 5.80. The van der Waals surface area contributed by atoms with Crippen molar-refractivity contribution in [3.63, 3.8) is 0 Å². The van der Waals surface area contributed by atoms with Crippen LogP contribution in [0, 0.1) is 5.92 Å². The van der Waals surface area contributed by atoms with Gasteiger partial charge in [-0.05, 0) is 47.7 Å². The highest BCUT2D eigenvalue weighted by atomic mass is 35.5. The molecule has 3 aliphatic rings. The Morgan fingerprint density at radius 3 is 2.86 bits per heavy atom. The maximum atomic E-state index is 11.5. The van der Waals surface area contributed by atoms with Crippen molar-refractivity contribution >= 4 is 35.0 Å². The minimum absolute atomic E-state index is 0.0972. The van der Waals surface area contributed by atoms with Crippen LogP contribution in [0.2, 0.25) is 5.02 Å². The van der Waals surface area contributed by atoms with Crippen LogP contribution >= 0.6 is 23.4 Å². The van der Waals surface area contributed by atoms with Crippen LogP contribution in [0.5, 0.6) is 5.75 Å². The van der Waals surface area contributed by atoms with E-state index in [9.17, 15) is 9.90 Å². The van der Waals surface area contributed by atoms with E-state index in [1.807, 2.05) is 23.9 Å². The van der Waals surface area contributed by atoms with E-state index < -0.39 is 5.97 Å². The van der Waals surface area contributed by atoms with Crippen molar-refractivity contribution in [1.82, 2.24) is 0 Å². The second kappa shape index (κ2) is 7.05. The van der Waals surface area contributed by atoms with Crippen molar-refractivity contribution in [2.24, 2.45) is 5.92 Å². The first kappa shape index (κ1) is 18.0. The molecule has 0 saturated carbocycles. The number of anilines is 1. The first-order chi connectivity index (χ1) is 13.6. The van der Waals surface area contributed by atoms with Crippen molar-refractivity contribution in [1.29, 1.82) is 0 Å². The summed E-state index contributed by atoms with van der Waals surface area (Å²) < 4.78 is 6.07. The smallest absolute Gasteiger partial charge is 0.335 e. The number of benzene rings is 2. The summed E-state index contributed by atoms with van der Waals surface area (Å²) in [6, 6.07) is 11.7. The zero-order valence-corrected chi connectivity index (χ0v) is 16.7. The third-order valence-corrected chi connectivity index (χ3v) is 7.31. The number of carbonyl (C=O) groups is 1. The number of hydrogen-bond donors (Lipinski definition) is 2. The van der Waals surface area contributed by atoms with Crippen LogP contribution in [-0.2, 0) is 0 Å². The molecule has 3 atom stereocenters. The van der Waals surface area contributed by atoms with Crippen LogP contribution in [0.1, 0.15) is 39.9 Å². The molecule has 2 N–H and O–H groups in total. The molecule has 5 rings (SSSR count). The first-order valence-electron chi connectivity index (χ1n) is 9.44. The van der Waals surface area contributed by atoms with E-state index in [1.54, 1.807) is 6.07 Å². The molecule has 0 unspecified atom stereocenters. The largest absolute Gasteiger partial charge is 0.489 e. The molecular weight excluding hydrogens is 394 g/mol. The summed E-state index contributed by atoms with van der Waals surface area (Å²) >= 11 is 8.39. The van der Waals surface area contributed by atoms with Gasteiger partial charge in [0.2, 0.25) is 0 Å². The number of carboxylic acid groups (broad SMARTS) is 1. The van der Waals surface area contributed by atoms with Crippen LogP contribution in [0.25, 0.3) is 0 Å². The molecule has 1 fully saturated rings. The maximum absolute atomic E-state index is 11.5. The topological polar surface area (TPSA) is 58.6 Å². The van der Waals surface area contributed by atoms with Gasteiger partial charge < -0.3 is 15.2 Å². The minimum Gasteiger partial charge on any atom is -0.489 e. The minimum atomic E-state index is -0.954. The molecule has 2 aromatic carbocycles. The Hall–Kier alpha value is -2.11. The highest BCUT2D eigenvalue weighted by Gasteiger charge is 2.39. The summed E-state index contributed by atoms with van der Waals surface area (Å²) in [5.41, 5.74) is 3.22. The van der Waals surface area contributed by atoms with Crippen molar-refractivity contribution in [3.8, 4) is 5.75 Å². The number of hydrogen-bond acceptors (Lipinski definition) is 4. The average Bonchev–Trinajstić information content (AvgIpc) is 3.14. The average molecular weight is 414 g/mol. The summed E-state index contributed by atoms with van der Waals surface area (Å²) in [6.45, 7) is 0. The van der Waals surface area contributed by atoms with E-state index in [2.05, 4.69) is 29.6 Å². The molecule has 2 aliphatic heterocycles. The van der Waals surface area contributed by atoms with Gasteiger partial charge in [0.25, 0.3) is 0 Å². The van der Waals surface area contributed by atoms with Crippen LogP contribution in [0.3, 0.4) is 0 Å². The van der Waals surface area contributed by atoms with E-state index in [0.29, 0.717) is 17.0 Å². The quantitative estimate of drug-likeness (QED) is 0.661. The molecule has 4 nitrogen and oxygen atoms in total. The second-order valence-corrected chi connectivity index (χ2v) is 9.03. The number of fused-ring (bicyclic) bond motifs is 3. The van der Waals surface area contributed by atoms with Gasteiger partial charge >= 0.3 is 5.97 Å². The van der Waals surface area contributed by atoms with Crippen molar-refractivity contribution < 1.29 is 14.6 Å². The van der Waals surface area contributed by atoms with Crippen LogP contribution in [0.15, 0.2) is 48.6 Å². The zero-order chi connectivity index (χ0) is 19.3. The number of thioether (sulfide) groups is 1. The Morgan fingerprint density at radius 2 is 2.11 bits per heavy atom. The van der Waals surface area contributed by atoms with E-state index in [0.717, 1.165) is 34.9 Å². The number of ether oxygens (including phenoxy) is 1. The lowest BCUT2D eigenvalue weighted by Crippen LogP contribution is -2.31. The number of carboxylic acids is 1. The third kappa shape index (κ3) is 3.07. The van der Waals surface area contributed by atoms with E-state index in [-0.39, 0.29) is 17.5 Å². The molecule has 2 heterocycles. The summed E-state index contributed by atoms with van der Waals surface area (Å²) in [5.74, 6) is 2.53. The molecule has 1 saturated heterocycles. The predicted octanol–water partition coefficient (Wildman–Crippen LogP) is 5.36. The molecule has 2 aromatic rings. The number of aromatic carboxylic acids is 1. The molecule has 1 aliphatic carbocycles. The number of rotatable bonds is 4. The van der Waals surface area contributed by atoms with Gasteiger partial charge in [-0.15, -0.1) is 0 Å². The van der Waals surface area contributed by atoms with Gasteiger partial charge in [0.1, 0.15) is 11.9 Å². The molecule has 144 valence electrons. The lowest BCUT2D eigenvalue weighted by molar-refractivity contribution is 0.0696.